The van der Waals surface area contributed by atoms with Crippen molar-refractivity contribution in [2.75, 3.05) is 0 Å². The molecule has 0 aromatic heterocycles. The Morgan fingerprint density at radius 1 is 0.500 bits per heavy atom. The van der Waals surface area contributed by atoms with Gasteiger partial charge in [0.15, 0.2) is 0 Å². The first-order valence-corrected chi connectivity index (χ1v) is 5.99. The van der Waals surface area contributed by atoms with Crippen LogP contribution in [0.15, 0.2) is 0 Å². The fourth-order valence-electron chi connectivity index (χ4n) is 1.06. The van der Waals surface area contributed by atoms with Crippen molar-refractivity contribution >= 4 is 40.6 Å². The maximum Gasteiger partial charge on any atom is 0.460 e. The van der Waals surface area contributed by atoms with Crippen molar-refractivity contribution in [2.24, 2.45) is 0 Å². The molecule has 19 heteroatoms. The summed E-state index contributed by atoms with van der Waals surface area (Å²) in [7, 11) is 0. The van der Waals surface area contributed by atoms with Gasteiger partial charge in [0.2, 0.25) is 11.1 Å². The van der Waals surface area contributed by atoms with E-state index < -0.39 is 52.1 Å². The Kier molecular flexibility index (Phi) is 7.77. The van der Waals surface area contributed by atoms with Crippen molar-refractivity contribution in [2.45, 2.75) is 41.0 Å². The van der Waals surface area contributed by atoms with Gasteiger partial charge in [-0.15, -0.1) is 0 Å². The first kappa shape index (κ1) is 28.3. The van der Waals surface area contributed by atoms with Crippen LogP contribution in [0.5, 0.6) is 0 Å². The van der Waals surface area contributed by atoms with E-state index in [0.717, 1.165) is 0 Å². The summed E-state index contributed by atoms with van der Waals surface area (Å²) < 4.78 is 204. The van der Waals surface area contributed by atoms with Crippen molar-refractivity contribution in [3.8, 4) is 0 Å². The molecule has 1 unspecified atom stereocenters. The summed E-state index contributed by atoms with van der Waals surface area (Å²) in [5.74, 6) is -41.2. The van der Waals surface area contributed by atoms with E-state index in [0.29, 0.717) is 0 Å². The molecule has 0 fully saturated rings. The predicted molar refractivity (Wildman–Crippen MR) is 52.3 cm³/mol. The molecule has 0 aliphatic heterocycles. The van der Waals surface area contributed by atoms with Crippen LogP contribution in [-0.2, 0) is 11.1 Å². The Labute approximate surface area is 156 Å². The van der Waals surface area contributed by atoms with Crippen LogP contribution in [0.25, 0.3) is 0 Å². The molecule has 0 spiro atoms. The third kappa shape index (κ3) is 3.55. The van der Waals surface area contributed by atoms with Gasteiger partial charge in [-0.1, -0.05) is 0 Å². The second-order valence-corrected chi connectivity index (χ2v) is 5.15. The molecule has 0 aromatic carbocycles. The summed E-state index contributed by atoms with van der Waals surface area (Å²) in [6, 6.07) is 0. The Morgan fingerprint density at radius 3 is 0.962 bits per heavy atom. The molecule has 0 aliphatic carbocycles. The zero-order valence-corrected chi connectivity index (χ0v) is 14.2. The standard InChI is InChI=1S/C7HF15O2S.Na/c8-1(9,2(10,11)4(14,15)6(18,19)20)3(12,13)5(16,17)7(21,22)25(23)24;/h(H,23,24);. The summed E-state index contributed by atoms with van der Waals surface area (Å²) in [5, 5.41) is -7.14. The Morgan fingerprint density at radius 2 is 0.731 bits per heavy atom. The molecule has 1 radical (unpaired) electrons. The predicted octanol–water partition coefficient (Wildman–Crippen LogP) is 4.16. The number of hydrogen-bond acceptors (Lipinski definition) is 1. The van der Waals surface area contributed by atoms with E-state index in [4.69, 9.17) is 4.55 Å². The zero-order valence-electron chi connectivity index (χ0n) is 11.4. The van der Waals surface area contributed by atoms with Crippen LogP contribution in [-0.4, -0.2) is 79.4 Å². The fraction of sp³-hybridized carbons (Fsp3) is 1.00. The molecule has 26 heavy (non-hydrogen) atoms. The van der Waals surface area contributed by atoms with E-state index >= 15 is 0 Å². The van der Waals surface area contributed by atoms with E-state index in [1.54, 1.807) is 0 Å². The minimum absolute atomic E-state index is 0. The van der Waals surface area contributed by atoms with E-state index in [1.807, 2.05) is 0 Å². The zero-order chi connectivity index (χ0) is 21.1. The van der Waals surface area contributed by atoms with Gasteiger partial charge in [0.25, 0.3) is 0 Å². The summed E-state index contributed by atoms with van der Waals surface area (Å²) in [6.07, 6.45) is -7.69. The second-order valence-electron chi connectivity index (χ2n) is 4.14. The number of alkyl halides is 15. The summed E-state index contributed by atoms with van der Waals surface area (Å²) >= 11 is -5.44. The molecule has 0 saturated heterocycles. The van der Waals surface area contributed by atoms with Gasteiger partial charge in [0.05, 0.1) is 0 Å². The molecule has 0 aliphatic rings. The average Bonchev–Trinajstić information content (AvgIpc) is 2.35. The topological polar surface area (TPSA) is 37.3 Å². The van der Waals surface area contributed by atoms with E-state index in [9.17, 15) is 70.1 Å². The first-order valence-electron chi connectivity index (χ1n) is 4.89. The molecule has 1 atom stereocenters. The molecular weight excluding hydrogens is 456 g/mol. The van der Waals surface area contributed by atoms with Crippen LogP contribution in [0, 0.1) is 0 Å². The second kappa shape index (κ2) is 7.14. The van der Waals surface area contributed by atoms with Gasteiger partial charge in [-0.25, -0.2) is 4.21 Å². The molecule has 153 valence electrons. The Balaban J connectivity index is 0. The smallest absolute Gasteiger partial charge is 0.301 e. The largest absolute Gasteiger partial charge is 0.460 e. The van der Waals surface area contributed by atoms with E-state index in [-0.39, 0.29) is 29.6 Å². The third-order valence-electron chi connectivity index (χ3n) is 2.52. The minimum Gasteiger partial charge on any atom is -0.301 e. The van der Waals surface area contributed by atoms with Crippen molar-refractivity contribution in [3.63, 3.8) is 0 Å². The minimum atomic E-state index is -8.45. The monoisotopic (exact) mass is 457 g/mol. The van der Waals surface area contributed by atoms with Crippen LogP contribution >= 0.6 is 0 Å². The van der Waals surface area contributed by atoms with Gasteiger partial charge in [-0.3, -0.25) is 0 Å². The molecule has 2 nitrogen and oxygen atoms in total. The quantitative estimate of drug-likeness (QED) is 0.370. The van der Waals surface area contributed by atoms with Crippen LogP contribution in [0.1, 0.15) is 0 Å². The van der Waals surface area contributed by atoms with Crippen LogP contribution < -0.4 is 0 Å². The van der Waals surface area contributed by atoms with Crippen LogP contribution in [0.2, 0.25) is 0 Å². The maximum atomic E-state index is 12.8. The van der Waals surface area contributed by atoms with Crippen molar-refractivity contribution in [3.05, 3.63) is 0 Å². The number of rotatable bonds is 6. The molecule has 0 saturated carbocycles. The molecule has 0 rings (SSSR count). The first-order chi connectivity index (χ1) is 10.4. The molecule has 0 amide bonds. The SMILES string of the molecule is O=S(O)C(F)(F)C(F)(F)C(F)(F)C(F)(F)C(F)(F)C(F)(F)C(F)(F)F.[Na]. The summed E-state index contributed by atoms with van der Waals surface area (Å²) in [6.45, 7) is 0. The number of hydrogen-bond donors (Lipinski definition) is 1. The molecule has 0 bridgehead atoms. The average molecular weight is 457 g/mol. The van der Waals surface area contributed by atoms with Gasteiger partial charge in [0.1, 0.15) is 0 Å². The summed E-state index contributed by atoms with van der Waals surface area (Å²) in [5.41, 5.74) is 0. The van der Waals surface area contributed by atoms with Crippen LogP contribution in [0.4, 0.5) is 65.9 Å². The Bertz CT molecular complexity index is 541. The van der Waals surface area contributed by atoms with Crippen molar-refractivity contribution in [1.29, 1.82) is 0 Å². The third-order valence-corrected chi connectivity index (χ3v) is 3.21. The molecule has 1 N–H and O–H groups in total. The maximum absolute atomic E-state index is 12.8. The molecule has 0 heterocycles. The van der Waals surface area contributed by atoms with E-state index in [1.165, 1.54) is 0 Å². The Hall–Kier alpha value is 0.0600. The van der Waals surface area contributed by atoms with Crippen molar-refractivity contribution in [1.82, 2.24) is 0 Å². The van der Waals surface area contributed by atoms with Crippen molar-refractivity contribution < 1.29 is 74.6 Å². The van der Waals surface area contributed by atoms with Gasteiger partial charge >= 0.3 is 41.0 Å². The van der Waals surface area contributed by atoms with Gasteiger partial charge in [-0.2, -0.15) is 65.9 Å². The van der Waals surface area contributed by atoms with Gasteiger partial charge < -0.3 is 4.55 Å². The molecular formula is C7HF15NaO2S. The molecule has 0 aromatic rings. The number of halogens is 15. The van der Waals surface area contributed by atoms with E-state index in [2.05, 4.69) is 0 Å². The fourth-order valence-corrected chi connectivity index (χ4v) is 1.41. The van der Waals surface area contributed by atoms with Gasteiger partial charge in [0, 0.05) is 29.6 Å². The van der Waals surface area contributed by atoms with Crippen LogP contribution in [0.3, 0.4) is 0 Å². The van der Waals surface area contributed by atoms with Gasteiger partial charge in [-0.05, 0) is 0 Å². The summed E-state index contributed by atoms with van der Waals surface area (Å²) in [4.78, 5) is 0. The normalized spacial score (nSPS) is 16.9.